The van der Waals surface area contributed by atoms with Gasteiger partial charge in [0.2, 0.25) is 0 Å². The van der Waals surface area contributed by atoms with Gasteiger partial charge in [-0.05, 0) is 41.8 Å². The van der Waals surface area contributed by atoms with Crippen LogP contribution in [0.3, 0.4) is 0 Å². The quantitative estimate of drug-likeness (QED) is 0.471. The zero-order valence-corrected chi connectivity index (χ0v) is 18.2. The molecule has 0 saturated carbocycles. The lowest BCUT2D eigenvalue weighted by molar-refractivity contribution is -0.137. The highest BCUT2D eigenvalue weighted by atomic mass is 19.4. The molecule has 1 saturated heterocycles. The van der Waals surface area contributed by atoms with Gasteiger partial charge in [-0.1, -0.05) is 24.3 Å². The van der Waals surface area contributed by atoms with E-state index >= 15 is 0 Å². The standard InChI is InChI=1S/C23H28F3N5O/c1-27-21(32)18-5-3-4-17(12-18)13-29-22(28-2)30-20-10-11-31(15-20)14-16-6-8-19(9-7-16)23(24,25)26/h3-9,12,20H,10-11,13-15H2,1-2H3,(H,27,32)(H2,28,29,30). The van der Waals surface area contributed by atoms with Gasteiger partial charge in [-0.25, -0.2) is 0 Å². The Balaban J connectivity index is 1.48. The number of rotatable bonds is 6. The Morgan fingerprint density at radius 3 is 2.56 bits per heavy atom. The van der Waals surface area contributed by atoms with Crippen molar-refractivity contribution in [2.75, 3.05) is 27.2 Å². The normalized spacial score (nSPS) is 17.3. The fraction of sp³-hybridized carbons (Fsp3) is 0.391. The zero-order valence-electron chi connectivity index (χ0n) is 18.2. The summed E-state index contributed by atoms with van der Waals surface area (Å²) >= 11 is 0. The van der Waals surface area contributed by atoms with E-state index in [9.17, 15) is 18.0 Å². The number of hydrogen-bond donors (Lipinski definition) is 3. The molecular formula is C23H28F3N5O. The molecule has 32 heavy (non-hydrogen) atoms. The molecule has 1 heterocycles. The van der Waals surface area contributed by atoms with Gasteiger partial charge in [-0.2, -0.15) is 13.2 Å². The molecule has 3 N–H and O–H groups in total. The molecule has 1 aliphatic heterocycles. The number of halogens is 3. The minimum absolute atomic E-state index is 0.131. The van der Waals surface area contributed by atoms with E-state index < -0.39 is 11.7 Å². The lowest BCUT2D eigenvalue weighted by Gasteiger charge is -2.19. The molecule has 1 atom stereocenters. The molecule has 2 aromatic carbocycles. The molecule has 0 bridgehead atoms. The SMILES string of the molecule is CN=C(NCc1cccc(C(=O)NC)c1)NC1CCN(Cc2ccc(C(F)(F)F)cc2)C1. The molecule has 0 aromatic heterocycles. The summed E-state index contributed by atoms with van der Waals surface area (Å²) in [6, 6.07) is 12.9. The number of likely N-dealkylation sites (tertiary alicyclic amines) is 1. The van der Waals surface area contributed by atoms with Gasteiger partial charge < -0.3 is 16.0 Å². The fourth-order valence-corrected chi connectivity index (χ4v) is 3.69. The van der Waals surface area contributed by atoms with Gasteiger partial charge in [0.1, 0.15) is 0 Å². The highest BCUT2D eigenvalue weighted by Gasteiger charge is 2.30. The van der Waals surface area contributed by atoms with Crippen LogP contribution >= 0.6 is 0 Å². The van der Waals surface area contributed by atoms with E-state index in [1.54, 1.807) is 20.2 Å². The van der Waals surface area contributed by atoms with Crippen LogP contribution in [0.5, 0.6) is 0 Å². The average Bonchev–Trinajstić information content (AvgIpc) is 3.22. The van der Waals surface area contributed by atoms with E-state index in [-0.39, 0.29) is 11.9 Å². The third kappa shape index (κ3) is 6.46. The van der Waals surface area contributed by atoms with Crippen LogP contribution in [0.25, 0.3) is 0 Å². The first-order valence-corrected chi connectivity index (χ1v) is 10.4. The van der Waals surface area contributed by atoms with E-state index in [4.69, 9.17) is 0 Å². The molecule has 2 aromatic rings. The maximum atomic E-state index is 12.7. The fourth-order valence-electron chi connectivity index (χ4n) is 3.69. The average molecular weight is 448 g/mol. The zero-order chi connectivity index (χ0) is 23.1. The van der Waals surface area contributed by atoms with E-state index in [0.29, 0.717) is 24.6 Å². The molecule has 172 valence electrons. The van der Waals surface area contributed by atoms with Crippen molar-refractivity contribution < 1.29 is 18.0 Å². The predicted molar refractivity (Wildman–Crippen MR) is 118 cm³/mol. The second-order valence-electron chi connectivity index (χ2n) is 7.77. The van der Waals surface area contributed by atoms with Crippen LogP contribution in [-0.4, -0.2) is 50.0 Å². The summed E-state index contributed by atoms with van der Waals surface area (Å²) in [7, 11) is 3.30. The summed E-state index contributed by atoms with van der Waals surface area (Å²) in [6.07, 6.45) is -3.40. The largest absolute Gasteiger partial charge is 0.416 e. The predicted octanol–water partition coefficient (Wildman–Crippen LogP) is 3.00. The van der Waals surface area contributed by atoms with Crippen molar-refractivity contribution >= 4 is 11.9 Å². The molecule has 1 aliphatic rings. The van der Waals surface area contributed by atoms with E-state index in [2.05, 4.69) is 25.8 Å². The number of carbonyl (C=O) groups excluding carboxylic acids is 1. The Labute approximate surface area is 185 Å². The molecule has 1 unspecified atom stereocenters. The van der Waals surface area contributed by atoms with Crippen molar-refractivity contribution in [2.45, 2.75) is 31.7 Å². The van der Waals surface area contributed by atoms with Crippen LogP contribution in [0.15, 0.2) is 53.5 Å². The maximum absolute atomic E-state index is 12.7. The number of hydrogen-bond acceptors (Lipinski definition) is 3. The lowest BCUT2D eigenvalue weighted by atomic mass is 10.1. The van der Waals surface area contributed by atoms with Crippen molar-refractivity contribution in [1.82, 2.24) is 20.9 Å². The smallest absolute Gasteiger partial charge is 0.355 e. The number of aliphatic imine (C=N–C) groups is 1. The number of amides is 1. The van der Waals surface area contributed by atoms with Gasteiger partial charge in [-0.3, -0.25) is 14.7 Å². The lowest BCUT2D eigenvalue weighted by Crippen LogP contribution is -2.44. The second-order valence-corrected chi connectivity index (χ2v) is 7.77. The van der Waals surface area contributed by atoms with Gasteiger partial charge in [0.05, 0.1) is 5.56 Å². The number of alkyl halides is 3. The Bertz CT molecular complexity index is 943. The number of nitrogens with zero attached hydrogens (tertiary/aromatic N) is 2. The van der Waals surface area contributed by atoms with Crippen LogP contribution in [0.4, 0.5) is 13.2 Å². The number of benzene rings is 2. The van der Waals surface area contributed by atoms with Crippen LogP contribution in [0, 0.1) is 0 Å². The summed E-state index contributed by atoms with van der Waals surface area (Å²) in [4.78, 5) is 18.3. The molecule has 9 heteroatoms. The summed E-state index contributed by atoms with van der Waals surface area (Å²) in [5.41, 5.74) is 1.80. The molecule has 0 aliphatic carbocycles. The summed E-state index contributed by atoms with van der Waals surface area (Å²) in [5, 5.41) is 9.28. The van der Waals surface area contributed by atoms with Crippen molar-refractivity contribution in [3.8, 4) is 0 Å². The van der Waals surface area contributed by atoms with Crippen LogP contribution in [0.1, 0.15) is 33.5 Å². The van der Waals surface area contributed by atoms with Gasteiger partial charge in [0, 0.05) is 51.9 Å². The first kappa shape index (κ1) is 23.6. The van der Waals surface area contributed by atoms with Crippen molar-refractivity contribution in [3.05, 3.63) is 70.8 Å². The number of carbonyl (C=O) groups is 1. The monoisotopic (exact) mass is 447 g/mol. The Morgan fingerprint density at radius 2 is 1.91 bits per heavy atom. The minimum atomic E-state index is -4.31. The molecule has 0 radical (unpaired) electrons. The van der Waals surface area contributed by atoms with Gasteiger partial charge in [0.25, 0.3) is 5.91 Å². The molecule has 1 fully saturated rings. The molecule has 3 rings (SSSR count). The highest BCUT2D eigenvalue weighted by Crippen LogP contribution is 2.29. The van der Waals surface area contributed by atoms with Gasteiger partial charge >= 0.3 is 6.18 Å². The Kier molecular flexibility index (Phi) is 7.74. The van der Waals surface area contributed by atoms with Gasteiger partial charge in [0.15, 0.2) is 5.96 Å². The molecule has 0 spiro atoms. The highest BCUT2D eigenvalue weighted by molar-refractivity contribution is 5.94. The maximum Gasteiger partial charge on any atom is 0.416 e. The topological polar surface area (TPSA) is 68.8 Å². The summed E-state index contributed by atoms with van der Waals surface area (Å²) in [6.45, 7) is 2.75. The molecular weight excluding hydrogens is 419 g/mol. The van der Waals surface area contributed by atoms with Gasteiger partial charge in [-0.15, -0.1) is 0 Å². The van der Waals surface area contributed by atoms with Crippen LogP contribution < -0.4 is 16.0 Å². The van der Waals surface area contributed by atoms with Crippen molar-refractivity contribution in [1.29, 1.82) is 0 Å². The molecule has 1 amide bonds. The van der Waals surface area contributed by atoms with Crippen molar-refractivity contribution in [2.24, 2.45) is 4.99 Å². The third-order valence-electron chi connectivity index (χ3n) is 5.40. The van der Waals surface area contributed by atoms with E-state index in [1.807, 2.05) is 18.2 Å². The Hall–Kier alpha value is -3.07. The second kappa shape index (κ2) is 10.5. The van der Waals surface area contributed by atoms with E-state index in [0.717, 1.165) is 42.8 Å². The van der Waals surface area contributed by atoms with Crippen LogP contribution in [-0.2, 0) is 19.3 Å². The molecule has 6 nitrogen and oxygen atoms in total. The van der Waals surface area contributed by atoms with E-state index in [1.165, 1.54) is 12.1 Å². The van der Waals surface area contributed by atoms with Crippen LogP contribution in [0.2, 0.25) is 0 Å². The summed E-state index contributed by atoms with van der Waals surface area (Å²) < 4.78 is 38.2. The minimum Gasteiger partial charge on any atom is -0.355 e. The first-order chi connectivity index (χ1) is 15.3. The Morgan fingerprint density at radius 1 is 1.16 bits per heavy atom. The summed E-state index contributed by atoms with van der Waals surface area (Å²) in [5.74, 6) is 0.533. The number of nitrogens with one attached hydrogen (secondary N) is 3. The number of guanidine groups is 1. The van der Waals surface area contributed by atoms with Crippen molar-refractivity contribution in [3.63, 3.8) is 0 Å². The third-order valence-corrected chi connectivity index (χ3v) is 5.40. The first-order valence-electron chi connectivity index (χ1n) is 10.4.